The van der Waals surface area contributed by atoms with Gasteiger partial charge in [0.05, 0.1) is 30.8 Å². The molecule has 7 heteroatoms. The van der Waals surface area contributed by atoms with Crippen molar-refractivity contribution in [2.45, 2.75) is 52.3 Å². The van der Waals surface area contributed by atoms with Crippen LogP contribution >= 0.6 is 0 Å². The Morgan fingerprint density at radius 2 is 2.16 bits per heavy atom. The molecule has 1 aromatic rings. The maximum absolute atomic E-state index is 12.4. The lowest BCUT2D eigenvalue weighted by atomic mass is 10.2. The fourth-order valence-electron chi connectivity index (χ4n) is 1.55. The van der Waals surface area contributed by atoms with Gasteiger partial charge < -0.3 is 14.6 Å². The summed E-state index contributed by atoms with van der Waals surface area (Å²) in [5, 5.41) is 2.59. The van der Waals surface area contributed by atoms with E-state index in [0.29, 0.717) is 5.69 Å². The second kappa shape index (κ2) is 5.99. The highest BCUT2D eigenvalue weighted by Gasteiger charge is 2.20. The Balaban J connectivity index is 2.65. The monoisotopic (exact) mass is 275 g/mol. The number of amides is 1. The van der Waals surface area contributed by atoms with E-state index in [0.717, 1.165) is 0 Å². The van der Waals surface area contributed by atoms with Crippen molar-refractivity contribution < 1.29 is 18.3 Å². The quantitative estimate of drug-likeness (QED) is 0.919. The van der Waals surface area contributed by atoms with Crippen LogP contribution < -0.4 is 5.32 Å². The fourth-order valence-corrected chi connectivity index (χ4v) is 1.55. The number of ether oxygens (including phenoxy) is 1. The summed E-state index contributed by atoms with van der Waals surface area (Å²) in [6.07, 6.45) is -0.300. The molecule has 1 N–H and O–H groups in total. The van der Waals surface area contributed by atoms with Crippen molar-refractivity contribution in [1.82, 2.24) is 14.9 Å². The lowest BCUT2D eigenvalue weighted by Gasteiger charge is -2.22. The van der Waals surface area contributed by atoms with E-state index in [2.05, 4.69) is 10.3 Å². The summed E-state index contributed by atoms with van der Waals surface area (Å²) in [5.41, 5.74) is -0.0984. The van der Waals surface area contributed by atoms with Crippen molar-refractivity contribution >= 4 is 6.09 Å². The van der Waals surface area contributed by atoms with Gasteiger partial charge in [-0.25, -0.2) is 18.6 Å². The molecule has 108 valence electrons. The van der Waals surface area contributed by atoms with Crippen molar-refractivity contribution in [3.05, 3.63) is 18.2 Å². The first-order valence-electron chi connectivity index (χ1n) is 5.96. The number of imidazole rings is 1. The van der Waals surface area contributed by atoms with Gasteiger partial charge in [-0.1, -0.05) is 0 Å². The number of carbonyl (C=O) groups excluding carboxylic acids is 1. The summed E-state index contributed by atoms with van der Waals surface area (Å²) < 4.78 is 31.1. The van der Waals surface area contributed by atoms with Gasteiger partial charge in [-0.2, -0.15) is 0 Å². The number of hydrogen-bond acceptors (Lipinski definition) is 3. The Morgan fingerprint density at radius 3 is 2.68 bits per heavy atom. The molecular formula is C12H19F2N3O2. The van der Waals surface area contributed by atoms with E-state index >= 15 is 0 Å². The molecule has 0 aliphatic heterocycles. The lowest BCUT2D eigenvalue weighted by molar-refractivity contribution is 0.0505. The Morgan fingerprint density at radius 1 is 1.53 bits per heavy atom. The Kier molecular flexibility index (Phi) is 4.85. The first-order chi connectivity index (χ1) is 8.69. The topological polar surface area (TPSA) is 56.1 Å². The standard InChI is InChI=1S/C12H19F2N3O2/c1-8(16-11(18)19-12(2,3)4)9-5-15-7-17(9)6-10(13)14/h5,7-8,10H,6H2,1-4H3,(H,16,18)/t8-/m1/s1. The molecule has 5 nitrogen and oxygen atoms in total. The van der Waals surface area contributed by atoms with Gasteiger partial charge in [0, 0.05) is 0 Å². The van der Waals surface area contributed by atoms with Crippen LogP contribution in [0.3, 0.4) is 0 Å². The van der Waals surface area contributed by atoms with Gasteiger partial charge in [-0.05, 0) is 27.7 Å². The summed E-state index contributed by atoms with van der Waals surface area (Å²) in [4.78, 5) is 15.4. The summed E-state index contributed by atoms with van der Waals surface area (Å²) in [5.74, 6) is 0. The number of rotatable bonds is 4. The van der Waals surface area contributed by atoms with Crippen molar-refractivity contribution in [1.29, 1.82) is 0 Å². The fraction of sp³-hybridized carbons (Fsp3) is 0.667. The van der Waals surface area contributed by atoms with Crippen LogP contribution in [0.4, 0.5) is 13.6 Å². The summed E-state index contributed by atoms with van der Waals surface area (Å²) in [6.45, 7) is 6.48. The Hall–Kier alpha value is -1.66. The predicted molar refractivity (Wildman–Crippen MR) is 66.0 cm³/mol. The van der Waals surface area contributed by atoms with E-state index in [4.69, 9.17) is 4.74 Å². The Labute approximate surface area is 111 Å². The SMILES string of the molecule is C[C@@H](NC(=O)OC(C)(C)C)c1cncn1CC(F)F. The van der Waals surface area contributed by atoms with E-state index in [1.54, 1.807) is 27.7 Å². The van der Waals surface area contributed by atoms with Crippen LogP contribution in [0.5, 0.6) is 0 Å². The van der Waals surface area contributed by atoms with Gasteiger partial charge in [0.1, 0.15) is 5.60 Å². The van der Waals surface area contributed by atoms with Crippen molar-refractivity contribution in [3.63, 3.8) is 0 Å². The number of alkyl carbamates (subject to hydrolysis) is 1. The highest BCUT2D eigenvalue weighted by Crippen LogP contribution is 2.15. The van der Waals surface area contributed by atoms with E-state index in [1.807, 2.05) is 0 Å². The molecule has 0 fully saturated rings. The zero-order valence-electron chi connectivity index (χ0n) is 11.5. The molecule has 19 heavy (non-hydrogen) atoms. The zero-order chi connectivity index (χ0) is 14.6. The van der Waals surface area contributed by atoms with Gasteiger partial charge in [0.2, 0.25) is 0 Å². The first-order valence-corrected chi connectivity index (χ1v) is 5.96. The number of aromatic nitrogens is 2. The molecule has 1 amide bonds. The van der Waals surface area contributed by atoms with Crippen LogP contribution in [-0.2, 0) is 11.3 Å². The van der Waals surface area contributed by atoms with Gasteiger partial charge >= 0.3 is 6.09 Å². The summed E-state index contributed by atoms with van der Waals surface area (Å²) in [6, 6.07) is -0.462. The van der Waals surface area contributed by atoms with Crippen LogP contribution in [0.15, 0.2) is 12.5 Å². The third-order valence-corrected chi connectivity index (χ3v) is 2.26. The molecule has 0 spiro atoms. The second-order valence-electron chi connectivity index (χ2n) is 5.23. The van der Waals surface area contributed by atoms with Crippen LogP contribution in [0.1, 0.15) is 39.4 Å². The minimum absolute atomic E-state index is 0.449. The van der Waals surface area contributed by atoms with E-state index < -0.39 is 30.7 Å². The number of nitrogens with one attached hydrogen (secondary N) is 1. The average Bonchev–Trinajstić information content (AvgIpc) is 2.61. The van der Waals surface area contributed by atoms with Gasteiger partial charge in [0.15, 0.2) is 0 Å². The second-order valence-corrected chi connectivity index (χ2v) is 5.23. The van der Waals surface area contributed by atoms with Gasteiger partial charge in [-0.15, -0.1) is 0 Å². The average molecular weight is 275 g/mol. The minimum atomic E-state index is -2.47. The highest BCUT2D eigenvalue weighted by atomic mass is 19.3. The molecule has 0 aliphatic rings. The molecule has 1 aromatic heterocycles. The Bertz CT molecular complexity index is 427. The summed E-state index contributed by atoms with van der Waals surface area (Å²) >= 11 is 0. The lowest BCUT2D eigenvalue weighted by Crippen LogP contribution is -2.34. The molecule has 0 aliphatic carbocycles. The molecule has 0 radical (unpaired) electrons. The van der Waals surface area contributed by atoms with Crippen LogP contribution in [0.25, 0.3) is 0 Å². The molecule has 1 atom stereocenters. The first kappa shape index (κ1) is 15.4. The van der Waals surface area contributed by atoms with E-state index in [1.165, 1.54) is 17.1 Å². The van der Waals surface area contributed by atoms with Crippen molar-refractivity contribution in [2.24, 2.45) is 0 Å². The number of nitrogens with zero attached hydrogens (tertiary/aromatic N) is 2. The van der Waals surface area contributed by atoms with Crippen molar-refractivity contribution in [2.75, 3.05) is 0 Å². The normalized spacial score (nSPS) is 13.4. The zero-order valence-corrected chi connectivity index (χ0v) is 11.5. The van der Waals surface area contributed by atoms with Gasteiger partial charge in [-0.3, -0.25) is 0 Å². The number of halogens is 2. The molecule has 0 saturated carbocycles. The van der Waals surface area contributed by atoms with E-state index in [-0.39, 0.29) is 0 Å². The molecule has 1 heterocycles. The third-order valence-electron chi connectivity index (χ3n) is 2.26. The number of hydrogen-bond donors (Lipinski definition) is 1. The molecular weight excluding hydrogens is 256 g/mol. The maximum atomic E-state index is 12.4. The molecule has 0 unspecified atom stereocenters. The van der Waals surface area contributed by atoms with Crippen LogP contribution in [0.2, 0.25) is 0 Å². The molecule has 1 rings (SSSR count). The molecule has 0 saturated heterocycles. The molecule has 0 bridgehead atoms. The minimum Gasteiger partial charge on any atom is -0.444 e. The van der Waals surface area contributed by atoms with Crippen molar-refractivity contribution in [3.8, 4) is 0 Å². The molecule has 0 aromatic carbocycles. The maximum Gasteiger partial charge on any atom is 0.408 e. The third kappa shape index (κ3) is 5.23. The van der Waals surface area contributed by atoms with Gasteiger partial charge in [0.25, 0.3) is 6.43 Å². The smallest absolute Gasteiger partial charge is 0.408 e. The van der Waals surface area contributed by atoms with Crippen LogP contribution in [-0.4, -0.2) is 27.7 Å². The van der Waals surface area contributed by atoms with E-state index in [9.17, 15) is 13.6 Å². The summed E-state index contributed by atoms with van der Waals surface area (Å²) in [7, 11) is 0. The van der Waals surface area contributed by atoms with Crippen LogP contribution in [0, 0.1) is 0 Å². The largest absolute Gasteiger partial charge is 0.444 e. The predicted octanol–water partition coefficient (Wildman–Crippen LogP) is 2.73. The highest BCUT2D eigenvalue weighted by molar-refractivity contribution is 5.68. The number of carbonyl (C=O) groups is 1. The number of alkyl halides is 2.